The molecule has 1 heteroatoms. The Bertz CT molecular complexity index is 203. The van der Waals surface area contributed by atoms with E-state index in [4.69, 9.17) is 0 Å². The van der Waals surface area contributed by atoms with Crippen molar-refractivity contribution in [1.82, 2.24) is 0 Å². The van der Waals surface area contributed by atoms with Gasteiger partial charge in [0.15, 0.2) is 0 Å². The van der Waals surface area contributed by atoms with Gasteiger partial charge < -0.3 is 5.11 Å². The summed E-state index contributed by atoms with van der Waals surface area (Å²) < 4.78 is 0. The van der Waals surface area contributed by atoms with Gasteiger partial charge in [0.05, 0.1) is 5.76 Å². The molecular formula is C15H28O. The lowest BCUT2D eigenvalue weighted by Gasteiger charge is -2.02. The molecule has 0 aliphatic rings. The number of unbranched alkanes of at least 4 members (excludes halogenated alkanes) is 7. The smallest absolute Gasteiger partial charge is 0.0925 e. The first-order chi connectivity index (χ1) is 7.66. The number of allylic oxidation sites excluding steroid dienone is 3. The van der Waals surface area contributed by atoms with Crippen molar-refractivity contribution in [2.24, 2.45) is 0 Å². The first-order valence-electron chi connectivity index (χ1n) is 6.72. The van der Waals surface area contributed by atoms with Crippen LogP contribution in [-0.4, -0.2) is 5.11 Å². The van der Waals surface area contributed by atoms with Crippen molar-refractivity contribution in [2.75, 3.05) is 0 Å². The summed E-state index contributed by atoms with van der Waals surface area (Å²) in [6, 6.07) is 0. The number of rotatable bonds is 10. The van der Waals surface area contributed by atoms with Gasteiger partial charge >= 0.3 is 0 Å². The predicted octanol–water partition coefficient (Wildman–Crippen LogP) is 5.54. The van der Waals surface area contributed by atoms with E-state index in [2.05, 4.69) is 13.5 Å². The van der Waals surface area contributed by atoms with Crippen molar-refractivity contribution in [1.29, 1.82) is 0 Å². The second-order valence-electron chi connectivity index (χ2n) is 4.71. The molecule has 0 amide bonds. The summed E-state index contributed by atoms with van der Waals surface area (Å²) in [6.45, 7) is 7.90. The number of aliphatic hydroxyl groups is 1. The Balaban J connectivity index is 3.24. The average molecular weight is 224 g/mol. The van der Waals surface area contributed by atoms with E-state index in [1.165, 1.54) is 44.9 Å². The Hall–Kier alpha value is -0.720. The van der Waals surface area contributed by atoms with Gasteiger partial charge in [0.1, 0.15) is 0 Å². The summed E-state index contributed by atoms with van der Waals surface area (Å²) in [5.74, 6) is 0.485. The van der Waals surface area contributed by atoms with Crippen molar-refractivity contribution in [3.8, 4) is 0 Å². The third kappa shape index (κ3) is 11.4. The van der Waals surface area contributed by atoms with Crippen LogP contribution in [0, 0.1) is 0 Å². The molecule has 0 aliphatic heterocycles. The molecule has 0 saturated carbocycles. The molecule has 1 nitrogen and oxygen atoms in total. The fraction of sp³-hybridized carbons (Fsp3) is 0.733. The van der Waals surface area contributed by atoms with E-state index in [0.717, 1.165) is 18.4 Å². The normalized spacial score (nSPS) is 11.8. The fourth-order valence-electron chi connectivity index (χ4n) is 1.80. The molecule has 0 rings (SSSR count). The highest BCUT2D eigenvalue weighted by Gasteiger charge is 1.95. The lowest BCUT2D eigenvalue weighted by molar-refractivity contribution is 0.379. The zero-order chi connectivity index (χ0) is 12.2. The zero-order valence-electron chi connectivity index (χ0n) is 11.1. The number of hydrogen-bond donors (Lipinski definition) is 1. The molecule has 0 unspecified atom stereocenters. The summed E-state index contributed by atoms with van der Waals surface area (Å²) in [6.07, 6.45) is 13.0. The lowest BCUT2D eigenvalue weighted by Crippen LogP contribution is -1.85. The molecule has 0 atom stereocenters. The van der Waals surface area contributed by atoms with Crippen LogP contribution >= 0.6 is 0 Å². The summed E-state index contributed by atoms with van der Waals surface area (Å²) in [5, 5.41) is 9.49. The van der Waals surface area contributed by atoms with Crippen LogP contribution in [0.4, 0.5) is 0 Å². The summed E-state index contributed by atoms with van der Waals surface area (Å²) in [7, 11) is 0. The van der Waals surface area contributed by atoms with Crippen LogP contribution in [0.3, 0.4) is 0 Å². The van der Waals surface area contributed by atoms with Gasteiger partial charge in [0, 0.05) is 6.42 Å². The first kappa shape index (κ1) is 15.3. The molecule has 0 fully saturated rings. The second-order valence-corrected chi connectivity index (χ2v) is 4.71. The molecule has 0 aliphatic carbocycles. The maximum Gasteiger partial charge on any atom is 0.0925 e. The minimum absolute atomic E-state index is 0.485. The Morgan fingerprint density at radius 3 is 2.00 bits per heavy atom. The minimum atomic E-state index is 0.485. The molecule has 16 heavy (non-hydrogen) atoms. The molecule has 0 aromatic rings. The predicted molar refractivity (Wildman–Crippen MR) is 72.8 cm³/mol. The molecule has 0 bridgehead atoms. The van der Waals surface area contributed by atoms with Crippen molar-refractivity contribution in [3.05, 3.63) is 24.0 Å². The van der Waals surface area contributed by atoms with Crippen LogP contribution in [0.15, 0.2) is 24.0 Å². The van der Waals surface area contributed by atoms with E-state index in [-0.39, 0.29) is 0 Å². The van der Waals surface area contributed by atoms with Crippen molar-refractivity contribution >= 4 is 0 Å². The Morgan fingerprint density at radius 1 is 1.00 bits per heavy atom. The largest absolute Gasteiger partial charge is 0.512 e. The van der Waals surface area contributed by atoms with Crippen molar-refractivity contribution < 1.29 is 5.11 Å². The van der Waals surface area contributed by atoms with Crippen molar-refractivity contribution in [2.45, 2.75) is 71.6 Å². The summed E-state index contributed by atoms with van der Waals surface area (Å²) in [4.78, 5) is 0. The monoisotopic (exact) mass is 224 g/mol. The van der Waals surface area contributed by atoms with Gasteiger partial charge in [-0.3, -0.25) is 0 Å². The summed E-state index contributed by atoms with van der Waals surface area (Å²) >= 11 is 0. The molecule has 1 N–H and O–H groups in total. The van der Waals surface area contributed by atoms with Gasteiger partial charge in [0.2, 0.25) is 0 Å². The summed E-state index contributed by atoms with van der Waals surface area (Å²) in [5.41, 5.74) is 0.928. The van der Waals surface area contributed by atoms with E-state index in [1.807, 2.05) is 6.92 Å². The number of hydrogen-bond acceptors (Lipinski definition) is 1. The fourth-order valence-corrected chi connectivity index (χ4v) is 1.80. The molecule has 0 radical (unpaired) electrons. The van der Waals surface area contributed by atoms with Gasteiger partial charge in [-0.05, 0) is 19.4 Å². The molecule has 0 saturated heterocycles. The van der Waals surface area contributed by atoms with Gasteiger partial charge in [-0.25, -0.2) is 0 Å². The third-order valence-corrected chi connectivity index (χ3v) is 2.70. The first-order valence-corrected chi connectivity index (χ1v) is 6.72. The molecule has 0 heterocycles. The van der Waals surface area contributed by atoms with Gasteiger partial charge in [-0.1, -0.05) is 64.0 Å². The van der Waals surface area contributed by atoms with E-state index in [1.54, 1.807) is 6.08 Å². The van der Waals surface area contributed by atoms with Gasteiger partial charge in [-0.2, -0.15) is 0 Å². The molecule has 0 aromatic carbocycles. The van der Waals surface area contributed by atoms with E-state index >= 15 is 0 Å². The lowest BCUT2D eigenvalue weighted by atomic mass is 10.1. The maximum atomic E-state index is 9.49. The Morgan fingerprint density at radius 2 is 1.50 bits per heavy atom. The van der Waals surface area contributed by atoms with Gasteiger partial charge in [-0.15, -0.1) is 0 Å². The highest BCUT2D eigenvalue weighted by molar-refractivity contribution is 5.13. The maximum absolute atomic E-state index is 9.49. The topological polar surface area (TPSA) is 20.2 Å². The quantitative estimate of drug-likeness (QED) is 0.293. The van der Waals surface area contributed by atoms with Crippen LogP contribution in [-0.2, 0) is 0 Å². The van der Waals surface area contributed by atoms with Crippen LogP contribution in [0.5, 0.6) is 0 Å². The van der Waals surface area contributed by atoms with Crippen LogP contribution < -0.4 is 0 Å². The standard InChI is InChI=1S/C15H28O/c1-4-5-6-7-8-9-10-11-12-15(16)13-14(2)3/h13,16H,2,4-12H2,1,3H3. The highest BCUT2D eigenvalue weighted by atomic mass is 16.3. The SMILES string of the molecule is C=C(C)C=C(O)CCCCCCCCCC. The van der Waals surface area contributed by atoms with Crippen LogP contribution in [0.1, 0.15) is 71.6 Å². The van der Waals surface area contributed by atoms with Crippen LogP contribution in [0.2, 0.25) is 0 Å². The number of aliphatic hydroxyl groups excluding tert-OH is 1. The minimum Gasteiger partial charge on any atom is -0.512 e. The molecular weight excluding hydrogens is 196 g/mol. The van der Waals surface area contributed by atoms with E-state index < -0.39 is 0 Å². The van der Waals surface area contributed by atoms with E-state index in [9.17, 15) is 5.11 Å². The highest BCUT2D eigenvalue weighted by Crippen LogP contribution is 2.12. The second kappa shape index (κ2) is 10.8. The Labute approximate surface area is 101 Å². The van der Waals surface area contributed by atoms with Gasteiger partial charge in [0.25, 0.3) is 0 Å². The van der Waals surface area contributed by atoms with Crippen molar-refractivity contribution in [3.63, 3.8) is 0 Å². The van der Waals surface area contributed by atoms with Crippen LogP contribution in [0.25, 0.3) is 0 Å². The average Bonchev–Trinajstić information content (AvgIpc) is 2.21. The molecule has 94 valence electrons. The molecule has 0 spiro atoms. The Kier molecular flexibility index (Phi) is 10.3. The third-order valence-electron chi connectivity index (χ3n) is 2.70. The zero-order valence-corrected chi connectivity index (χ0v) is 11.1. The van der Waals surface area contributed by atoms with E-state index in [0.29, 0.717) is 5.76 Å². The molecule has 0 aromatic heterocycles.